The fourth-order valence-electron chi connectivity index (χ4n) is 1.96. The van der Waals surface area contributed by atoms with Gasteiger partial charge in [0.05, 0.1) is 6.61 Å². The van der Waals surface area contributed by atoms with E-state index in [0.29, 0.717) is 6.61 Å². The van der Waals surface area contributed by atoms with E-state index in [-0.39, 0.29) is 6.04 Å². The molecule has 1 N–H and O–H groups in total. The van der Waals surface area contributed by atoms with Crippen LogP contribution in [0.15, 0.2) is 30.5 Å². The Morgan fingerprint density at radius 3 is 2.84 bits per heavy atom. The molecule has 2 rings (SSSR count). The fraction of sp³-hybridized carbons (Fsp3) is 0.400. The Bertz CT molecular complexity index is 524. The van der Waals surface area contributed by atoms with Crippen LogP contribution in [0.4, 0.5) is 0 Å². The molecule has 1 unspecified atom stereocenters. The molecule has 0 amide bonds. The number of hydrogen-bond acceptors (Lipinski definition) is 4. The van der Waals surface area contributed by atoms with Crippen molar-refractivity contribution in [2.45, 2.75) is 33.4 Å². The molecule has 0 fully saturated rings. The number of nitrogens with zero attached hydrogens (tertiary/aromatic N) is 1. The van der Waals surface area contributed by atoms with Crippen LogP contribution in [0, 0.1) is 6.92 Å². The summed E-state index contributed by atoms with van der Waals surface area (Å²) in [5.74, 6) is 0.959. The van der Waals surface area contributed by atoms with Crippen molar-refractivity contribution >= 4 is 11.3 Å². The van der Waals surface area contributed by atoms with Crippen LogP contribution in [0.1, 0.15) is 35.3 Å². The average molecular weight is 276 g/mol. The van der Waals surface area contributed by atoms with E-state index in [1.54, 1.807) is 11.3 Å². The highest BCUT2D eigenvalue weighted by molar-refractivity contribution is 7.11. The first-order valence-corrected chi connectivity index (χ1v) is 7.38. The number of nitrogens with one attached hydrogen (secondary N) is 1. The normalized spacial score (nSPS) is 12.4. The maximum Gasteiger partial charge on any atom is 0.124 e. The number of hydrogen-bond donors (Lipinski definition) is 1. The van der Waals surface area contributed by atoms with E-state index in [2.05, 4.69) is 30.2 Å². The maximum atomic E-state index is 5.66. The van der Waals surface area contributed by atoms with Gasteiger partial charge in [-0.1, -0.05) is 18.2 Å². The van der Waals surface area contributed by atoms with Gasteiger partial charge in [-0.3, -0.25) is 0 Å². The van der Waals surface area contributed by atoms with Crippen molar-refractivity contribution in [3.63, 3.8) is 0 Å². The van der Waals surface area contributed by atoms with Crippen molar-refractivity contribution in [1.82, 2.24) is 10.3 Å². The number of para-hydroxylation sites is 1. The van der Waals surface area contributed by atoms with Gasteiger partial charge in [0.1, 0.15) is 10.8 Å². The molecule has 4 heteroatoms. The van der Waals surface area contributed by atoms with Gasteiger partial charge in [-0.25, -0.2) is 4.98 Å². The minimum absolute atomic E-state index is 0.243. The predicted molar refractivity (Wildman–Crippen MR) is 79.7 cm³/mol. The predicted octanol–water partition coefficient (Wildman–Crippen LogP) is 3.70. The van der Waals surface area contributed by atoms with Crippen LogP contribution in [0.5, 0.6) is 5.75 Å². The van der Waals surface area contributed by atoms with E-state index < -0.39 is 0 Å². The zero-order chi connectivity index (χ0) is 13.7. The van der Waals surface area contributed by atoms with Gasteiger partial charge < -0.3 is 10.1 Å². The van der Waals surface area contributed by atoms with Gasteiger partial charge in [0.2, 0.25) is 0 Å². The van der Waals surface area contributed by atoms with Gasteiger partial charge in [-0.05, 0) is 26.8 Å². The quantitative estimate of drug-likeness (QED) is 0.873. The molecule has 0 bridgehead atoms. The number of aryl methyl sites for hydroxylation is 1. The zero-order valence-corrected chi connectivity index (χ0v) is 12.5. The molecule has 0 aliphatic rings. The van der Waals surface area contributed by atoms with Gasteiger partial charge in [0.15, 0.2) is 0 Å². The van der Waals surface area contributed by atoms with E-state index in [9.17, 15) is 0 Å². The first-order valence-electron chi connectivity index (χ1n) is 6.57. The number of rotatable bonds is 6. The second kappa shape index (κ2) is 6.68. The molecule has 0 aliphatic carbocycles. The van der Waals surface area contributed by atoms with Crippen LogP contribution in [0.3, 0.4) is 0 Å². The SMILES string of the molecule is CCOc1ccccc1C(C)NCc1ncc(C)s1. The van der Waals surface area contributed by atoms with Crippen LogP contribution in [-0.4, -0.2) is 11.6 Å². The Morgan fingerprint density at radius 1 is 1.37 bits per heavy atom. The molecule has 3 nitrogen and oxygen atoms in total. The first kappa shape index (κ1) is 14.0. The second-order valence-corrected chi connectivity index (χ2v) is 5.76. The van der Waals surface area contributed by atoms with Crippen LogP contribution in [0.25, 0.3) is 0 Å². The van der Waals surface area contributed by atoms with Gasteiger partial charge >= 0.3 is 0 Å². The largest absolute Gasteiger partial charge is 0.494 e. The third kappa shape index (κ3) is 3.78. The standard InChI is InChI=1S/C15H20N2OS/c1-4-18-14-8-6-5-7-13(14)12(3)16-10-15-17-9-11(2)19-15/h5-9,12,16H,4,10H2,1-3H3. The summed E-state index contributed by atoms with van der Waals surface area (Å²) in [5.41, 5.74) is 1.19. The Morgan fingerprint density at radius 2 is 2.16 bits per heavy atom. The van der Waals surface area contributed by atoms with E-state index in [4.69, 9.17) is 4.74 Å². The summed E-state index contributed by atoms with van der Waals surface area (Å²) in [6.45, 7) is 7.72. The highest BCUT2D eigenvalue weighted by Crippen LogP contribution is 2.25. The molecule has 0 saturated carbocycles. The number of ether oxygens (including phenoxy) is 1. The minimum atomic E-state index is 0.243. The van der Waals surface area contributed by atoms with Crippen molar-refractivity contribution in [1.29, 1.82) is 0 Å². The van der Waals surface area contributed by atoms with Crippen molar-refractivity contribution < 1.29 is 4.74 Å². The zero-order valence-electron chi connectivity index (χ0n) is 11.6. The van der Waals surface area contributed by atoms with Gasteiger partial charge in [0, 0.05) is 29.2 Å². The Hall–Kier alpha value is -1.39. The van der Waals surface area contributed by atoms with Crippen molar-refractivity contribution in [3.8, 4) is 5.75 Å². The van der Waals surface area contributed by atoms with Crippen LogP contribution >= 0.6 is 11.3 Å². The van der Waals surface area contributed by atoms with Gasteiger partial charge in [-0.15, -0.1) is 11.3 Å². The number of benzene rings is 1. The Labute approximate surface area is 118 Å². The van der Waals surface area contributed by atoms with Crippen LogP contribution in [0.2, 0.25) is 0 Å². The number of aromatic nitrogens is 1. The molecule has 0 saturated heterocycles. The lowest BCUT2D eigenvalue weighted by Gasteiger charge is -2.17. The average Bonchev–Trinajstić information content (AvgIpc) is 2.83. The lowest BCUT2D eigenvalue weighted by molar-refractivity contribution is 0.332. The summed E-state index contributed by atoms with van der Waals surface area (Å²) >= 11 is 1.73. The molecule has 1 atom stereocenters. The minimum Gasteiger partial charge on any atom is -0.494 e. The molecule has 0 aliphatic heterocycles. The summed E-state index contributed by atoms with van der Waals surface area (Å²) in [4.78, 5) is 5.61. The summed E-state index contributed by atoms with van der Waals surface area (Å²) in [7, 11) is 0. The van der Waals surface area contributed by atoms with Crippen molar-refractivity contribution in [2.75, 3.05) is 6.61 Å². The third-order valence-electron chi connectivity index (χ3n) is 2.91. The molecule has 0 radical (unpaired) electrons. The van der Waals surface area contributed by atoms with Gasteiger partial charge in [0.25, 0.3) is 0 Å². The lowest BCUT2D eigenvalue weighted by Crippen LogP contribution is -2.18. The molecule has 1 aromatic heterocycles. The molecule has 102 valence electrons. The second-order valence-electron chi connectivity index (χ2n) is 4.44. The van der Waals surface area contributed by atoms with E-state index >= 15 is 0 Å². The fourth-order valence-corrected chi connectivity index (χ4v) is 2.70. The number of thiazole rings is 1. The van der Waals surface area contributed by atoms with Crippen LogP contribution < -0.4 is 10.1 Å². The van der Waals surface area contributed by atoms with E-state index in [1.807, 2.05) is 31.3 Å². The smallest absolute Gasteiger partial charge is 0.124 e. The summed E-state index contributed by atoms with van der Waals surface area (Å²) < 4.78 is 5.66. The highest BCUT2D eigenvalue weighted by Gasteiger charge is 2.11. The van der Waals surface area contributed by atoms with Crippen molar-refractivity contribution in [2.24, 2.45) is 0 Å². The first-order chi connectivity index (χ1) is 9.20. The summed E-state index contributed by atoms with van der Waals surface area (Å²) in [6, 6.07) is 8.42. The van der Waals surface area contributed by atoms with Crippen molar-refractivity contribution in [3.05, 3.63) is 45.9 Å². The molecule has 1 aromatic carbocycles. The van der Waals surface area contributed by atoms with Crippen LogP contribution in [-0.2, 0) is 6.54 Å². The summed E-state index contributed by atoms with van der Waals surface area (Å²) in [5, 5.41) is 4.62. The van der Waals surface area contributed by atoms with E-state index in [0.717, 1.165) is 17.3 Å². The molecular weight excluding hydrogens is 256 g/mol. The van der Waals surface area contributed by atoms with Gasteiger partial charge in [-0.2, -0.15) is 0 Å². The molecule has 0 spiro atoms. The maximum absolute atomic E-state index is 5.66. The molecule has 2 aromatic rings. The summed E-state index contributed by atoms with van der Waals surface area (Å²) in [6.07, 6.45) is 1.92. The monoisotopic (exact) mass is 276 g/mol. The Balaban J connectivity index is 2.01. The Kier molecular flexibility index (Phi) is 4.93. The molecule has 19 heavy (non-hydrogen) atoms. The van der Waals surface area contributed by atoms with E-state index in [1.165, 1.54) is 10.4 Å². The molecular formula is C15H20N2OS. The highest BCUT2D eigenvalue weighted by atomic mass is 32.1. The lowest BCUT2D eigenvalue weighted by atomic mass is 10.1. The topological polar surface area (TPSA) is 34.1 Å². The third-order valence-corrected chi connectivity index (χ3v) is 3.83. The molecule has 1 heterocycles.